The molecule has 0 radical (unpaired) electrons. The van der Waals surface area contributed by atoms with Gasteiger partial charge in [-0.05, 0) is 38.8 Å². The molecular formula is C10H16FNO2. The molecule has 1 atom stereocenters. The van der Waals surface area contributed by atoms with E-state index in [1.54, 1.807) is 0 Å². The fraction of sp³-hybridized carbons (Fsp3) is 0.900. The molecule has 1 aliphatic carbocycles. The number of likely N-dealkylation sites (tertiary alicyclic amines) is 1. The SMILES string of the molecule is O=C(O)[C@@H](F)C1CCN(C2CC2)CC1. The van der Waals surface area contributed by atoms with Gasteiger partial charge in [-0.25, -0.2) is 9.18 Å². The molecule has 0 spiro atoms. The van der Waals surface area contributed by atoms with Crippen LogP contribution in [-0.2, 0) is 4.79 Å². The Morgan fingerprint density at radius 1 is 1.29 bits per heavy atom. The molecule has 4 heteroatoms. The van der Waals surface area contributed by atoms with Gasteiger partial charge in [0.15, 0.2) is 6.17 Å². The minimum atomic E-state index is -1.66. The summed E-state index contributed by atoms with van der Waals surface area (Å²) < 4.78 is 13.1. The number of hydrogen-bond acceptors (Lipinski definition) is 2. The van der Waals surface area contributed by atoms with Gasteiger partial charge in [-0.1, -0.05) is 0 Å². The molecular weight excluding hydrogens is 185 g/mol. The minimum Gasteiger partial charge on any atom is -0.479 e. The van der Waals surface area contributed by atoms with Crippen molar-refractivity contribution in [1.82, 2.24) is 4.90 Å². The van der Waals surface area contributed by atoms with Gasteiger partial charge in [0.1, 0.15) is 0 Å². The minimum absolute atomic E-state index is 0.262. The Labute approximate surface area is 82.9 Å². The second-order valence-electron chi connectivity index (χ2n) is 4.34. The van der Waals surface area contributed by atoms with Gasteiger partial charge in [-0.3, -0.25) is 0 Å². The molecule has 0 aromatic carbocycles. The van der Waals surface area contributed by atoms with Crippen LogP contribution in [0.15, 0.2) is 0 Å². The first-order chi connectivity index (χ1) is 6.68. The van der Waals surface area contributed by atoms with E-state index < -0.39 is 12.1 Å². The van der Waals surface area contributed by atoms with E-state index in [9.17, 15) is 9.18 Å². The van der Waals surface area contributed by atoms with Gasteiger partial charge in [0, 0.05) is 12.0 Å². The van der Waals surface area contributed by atoms with Crippen LogP contribution >= 0.6 is 0 Å². The molecule has 2 rings (SSSR count). The summed E-state index contributed by atoms with van der Waals surface area (Å²) in [7, 11) is 0. The molecule has 3 nitrogen and oxygen atoms in total. The van der Waals surface area contributed by atoms with Crippen LogP contribution in [0.1, 0.15) is 25.7 Å². The molecule has 0 aromatic heterocycles. The van der Waals surface area contributed by atoms with Crippen molar-refractivity contribution in [3.8, 4) is 0 Å². The largest absolute Gasteiger partial charge is 0.479 e. The summed E-state index contributed by atoms with van der Waals surface area (Å²) in [6.07, 6.45) is 2.27. The summed E-state index contributed by atoms with van der Waals surface area (Å²) >= 11 is 0. The Bertz CT molecular complexity index is 222. The van der Waals surface area contributed by atoms with Crippen LogP contribution in [0, 0.1) is 5.92 Å². The van der Waals surface area contributed by atoms with Crippen LogP contribution in [0.25, 0.3) is 0 Å². The van der Waals surface area contributed by atoms with Crippen molar-refractivity contribution in [2.75, 3.05) is 13.1 Å². The lowest BCUT2D eigenvalue weighted by atomic mass is 9.92. The van der Waals surface area contributed by atoms with E-state index in [2.05, 4.69) is 4.90 Å². The average Bonchev–Trinajstić information content (AvgIpc) is 3.00. The normalized spacial score (nSPS) is 27.5. The smallest absolute Gasteiger partial charge is 0.338 e. The molecule has 14 heavy (non-hydrogen) atoms. The van der Waals surface area contributed by atoms with Crippen molar-refractivity contribution >= 4 is 5.97 Å². The molecule has 0 bridgehead atoms. The van der Waals surface area contributed by atoms with Gasteiger partial charge in [-0.2, -0.15) is 0 Å². The van der Waals surface area contributed by atoms with Crippen LogP contribution in [0.3, 0.4) is 0 Å². The molecule has 0 aromatic rings. The molecule has 1 saturated heterocycles. The monoisotopic (exact) mass is 201 g/mol. The van der Waals surface area contributed by atoms with Crippen molar-refractivity contribution in [3.05, 3.63) is 0 Å². The van der Waals surface area contributed by atoms with Crippen molar-refractivity contribution in [2.24, 2.45) is 5.92 Å². The second-order valence-corrected chi connectivity index (χ2v) is 4.34. The molecule has 1 N–H and O–H groups in total. The maximum absolute atomic E-state index is 13.1. The first kappa shape index (κ1) is 9.90. The lowest BCUT2D eigenvalue weighted by molar-refractivity contribution is -0.145. The van der Waals surface area contributed by atoms with Crippen molar-refractivity contribution < 1.29 is 14.3 Å². The number of aliphatic carboxylic acids is 1. The van der Waals surface area contributed by atoms with Crippen LogP contribution in [-0.4, -0.2) is 41.3 Å². The molecule has 2 aliphatic rings. The third-order valence-corrected chi connectivity index (χ3v) is 3.29. The van der Waals surface area contributed by atoms with E-state index in [-0.39, 0.29) is 5.92 Å². The summed E-state index contributed by atoms with van der Waals surface area (Å²) in [6, 6.07) is 0.721. The molecule has 1 aliphatic heterocycles. The zero-order valence-electron chi connectivity index (χ0n) is 8.16. The van der Waals surface area contributed by atoms with Crippen LogP contribution in [0.4, 0.5) is 4.39 Å². The van der Waals surface area contributed by atoms with Gasteiger partial charge in [0.2, 0.25) is 0 Å². The van der Waals surface area contributed by atoms with Crippen molar-refractivity contribution in [1.29, 1.82) is 0 Å². The van der Waals surface area contributed by atoms with Gasteiger partial charge < -0.3 is 10.0 Å². The fourth-order valence-corrected chi connectivity index (χ4v) is 2.22. The number of rotatable bonds is 3. The van der Waals surface area contributed by atoms with E-state index in [0.717, 1.165) is 19.1 Å². The first-order valence-electron chi connectivity index (χ1n) is 5.29. The maximum atomic E-state index is 13.1. The zero-order valence-corrected chi connectivity index (χ0v) is 8.16. The Morgan fingerprint density at radius 3 is 2.29 bits per heavy atom. The standard InChI is InChI=1S/C10H16FNO2/c11-9(10(13)14)7-3-5-12(6-4-7)8-1-2-8/h7-9H,1-6H2,(H,13,14)/t9-/m0/s1. The average molecular weight is 201 g/mol. The third-order valence-electron chi connectivity index (χ3n) is 3.29. The van der Waals surface area contributed by atoms with E-state index in [1.165, 1.54) is 12.8 Å². The highest BCUT2D eigenvalue weighted by molar-refractivity contribution is 5.72. The molecule has 2 fully saturated rings. The number of nitrogens with zero attached hydrogens (tertiary/aromatic N) is 1. The first-order valence-corrected chi connectivity index (χ1v) is 5.29. The van der Waals surface area contributed by atoms with Gasteiger partial charge >= 0.3 is 5.97 Å². The summed E-state index contributed by atoms with van der Waals surface area (Å²) in [5.74, 6) is -1.56. The summed E-state index contributed by atoms with van der Waals surface area (Å²) in [6.45, 7) is 1.76. The van der Waals surface area contributed by atoms with Crippen molar-refractivity contribution in [2.45, 2.75) is 37.9 Å². The van der Waals surface area contributed by atoms with E-state index in [1.807, 2.05) is 0 Å². The lowest BCUT2D eigenvalue weighted by Gasteiger charge is -2.32. The highest BCUT2D eigenvalue weighted by Crippen LogP contribution is 2.32. The quantitative estimate of drug-likeness (QED) is 0.747. The Hall–Kier alpha value is -0.640. The third kappa shape index (κ3) is 2.05. The number of carbonyl (C=O) groups is 1. The predicted molar refractivity (Wildman–Crippen MR) is 49.9 cm³/mol. The van der Waals surface area contributed by atoms with E-state index in [4.69, 9.17) is 5.11 Å². The van der Waals surface area contributed by atoms with E-state index >= 15 is 0 Å². The van der Waals surface area contributed by atoms with Gasteiger partial charge in [0.05, 0.1) is 0 Å². The number of hydrogen-bond donors (Lipinski definition) is 1. The predicted octanol–water partition coefficient (Wildman–Crippen LogP) is 1.28. The molecule has 1 saturated carbocycles. The van der Waals surface area contributed by atoms with Crippen LogP contribution in [0.2, 0.25) is 0 Å². The number of piperidine rings is 1. The number of carboxylic acids is 1. The second kappa shape index (κ2) is 3.85. The Balaban J connectivity index is 1.79. The number of carboxylic acid groups (broad SMARTS) is 1. The summed E-state index contributed by atoms with van der Waals surface area (Å²) in [5, 5.41) is 8.53. The van der Waals surface area contributed by atoms with Gasteiger partial charge in [-0.15, -0.1) is 0 Å². The zero-order chi connectivity index (χ0) is 10.1. The van der Waals surface area contributed by atoms with E-state index in [0.29, 0.717) is 12.8 Å². The van der Waals surface area contributed by atoms with Crippen LogP contribution in [0.5, 0.6) is 0 Å². The van der Waals surface area contributed by atoms with Gasteiger partial charge in [0.25, 0.3) is 0 Å². The maximum Gasteiger partial charge on any atom is 0.338 e. The summed E-state index contributed by atoms with van der Waals surface area (Å²) in [5.41, 5.74) is 0. The fourth-order valence-electron chi connectivity index (χ4n) is 2.22. The Morgan fingerprint density at radius 2 is 1.86 bits per heavy atom. The molecule has 0 unspecified atom stereocenters. The molecule has 1 heterocycles. The molecule has 0 amide bonds. The number of alkyl halides is 1. The highest BCUT2D eigenvalue weighted by atomic mass is 19.1. The lowest BCUT2D eigenvalue weighted by Crippen LogP contribution is -2.39. The highest BCUT2D eigenvalue weighted by Gasteiger charge is 2.36. The molecule has 80 valence electrons. The Kier molecular flexibility index (Phi) is 2.72. The number of halogens is 1. The topological polar surface area (TPSA) is 40.5 Å². The van der Waals surface area contributed by atoms with Crippen molar-refractivity contribution in [3.63, 3.8) is 0 Å². The van der Waals surface area contributed by atoms with Crippen LogP contribution < -0.4 is 0 Å². The summed E-state index contributed by atoms with van der Waals surface area (Å²) in [4.78, 5) is 12.8.